The summed E-state index contributed by atoms with van der Waals surface area (Å²) in [5.41, 5.74) is 1.32. The molecule has 2 aromatic carbocycles. The van der Waals surface area contributed by atoms with Gasteiger partial charge in [-0.25, -0.2) is 0 Å². The zero-order valence-electron chi connectivity index (χ0n) is 15.8. The fourth-order valence-electron chi connectivity index (χ4n) is 2.53. The summed E-state index contributed by atoms with van der Waals surface area (Å²) < 4.78 is 5.81. The van der Waals surface area contributed by atoms with Gasteiger partial charge in [0.15, 0.2) is 0 Å². The van der Waals surface area contributed by atoms with Crippen LogP contribution in [0, 0.1) is 0 Å². The van der Waals surface area contributed by atoms with Crippen molar-refractivity contribution in [2.45, 2.75) is 0 Å². The van der Waals surface area contributed by atoms with Gasteiger partial charge in [-0.05, 0) is 60.7 Å². The molecule has 0 spiro atoms. The van der Waals surface area contributed by atoms with Crippen LogP contribution in [0.15, 0.2) is 70.8 Å². The second-order valence-electron chi connectivity index (χ2n) is 6.43. The molecule has 0 fully saturated rings. The van der Waals surface area contributed by atoms with Crippen molar-refractivity contribution < 1.29 is 14.0 Å². The van der Waals surface area contributed by atoms with Gasteiger partial charge in [0, 0.05) is 41.3 Å². The van der Waals surface area contributed by atoms with Gasteiger partial charge in [-0.15, -0.1) is 0 Å². The van der Waals surface area contributed by atoms with Gasteiger partial charge < -0.3 is 14.6 Å². The lowest BCUT2D eigenvalue weighted by atomic mass is 10.2. The Kier molecular flexibility index (Phi) is 6.42. The van der Waals surface area contributed by atoms with E-state index in [2.05, 4.69) is 5.32 Å². The van der Waals surface area contributed by atoms with Gasteiger partial charge in [0.25, 0.3) is 11.8 Å². The van der Waals surface area contributed by atoms with E-state index in [0.717, 1.165) is 5.56 Å². The number of hydrogen-bond donors (Lipinski definition) is 1. The maximum absolute atomic E-state index is 12.5. The maximum atomic E-state index is 12.5. The lowest BCUT2D eigenvalue weighted by Crippen LogP contribution is -2.34. The molecule has 1 N–H and O–H groups in total. The molecule has 3 aromatic rings. The molecule has 0 radical (unpaired) electrons. The summed E-state index contributed by atoms with van der Waals surface area (Å²) in [5, 5.41) is 3.80. The number of halogens is 2. The van der Waals surface area contributed by atoms with Crippen LogP contribution in [-0.2, 0) is 4.79 Å². The smallest absolute Gasteiger partial charge is 0.269 e. The van der Waals surface area contributed by atoms with Crippen molar-refractivity contribution in [2.75, 3.05) is 14.1 Å². The molecule has 148 valence electrons. The first-order valence-electron chi connectivity index (χ1n) is 8.69. The molecule has 29 heavy (non-hydrogen) atoms. The predicted molar refractivity (Wildman–Crippen MR) is 115 cm³/mol. The van der Waals surface area contributed by atoms with Gasteiger partial charge in [-0.2, -0.15) is 0 Å². The Labute approximate surface area is 178 Å². The van der Waals surface area contributed by atoms with Crippen molar-refractivity contribution in [2.24, 2.45) is 0 Å². The molecule has 1 heterocycles. The van der Waals surface area contributed by atoms with E-state index < -0.39 is 5.91 Å². The molecular weight excluding hydrogens is 411 g/mol. The maximum Gasteiger partial charge on any atom is 0.269 e. The summed E-state index contributed by atoms with van der Waals surface area (Å²) in [6, 6.07) is 17.1. The third-order valence-electron chi connectivity index (χ3n) is 4.03. The van der Waals surface area contributed by atoms with Crippen LogP contribution in [0.1, 0.15) is 16.1 Å². The van der Waals surface area contributed by atoms with E-state index in [-0.39, 0.29) is 11.6 Å². The Morgan fingerprint density at radius 3 is 2.07 bits per heavy atom. The number of carbonyl (C=O) groups is 2. The molecule has 0 saturated carbocycles. The number of rotatable bonds is 5. The summed E-state index contributed by atoms with van der Waals surface area (Å²) in [7, 11) is 3.21. The van der Waals surface area contributed by atoms with E-state index in [4.69, 9.17) is 27.6 Å². The SMILES string of the molecule is CN(C)C(=O)/C(=C/c1ccc(-c2ccc(Cl)cc2)o1)NC(=O)c1ccc(Cl)cc1. The van der Waals surface area contributed by atoms with Crippen LogP contribution in [0.4, 0.5) is 0 Å². The molecule has 0 aliphatic heterocycles. The fraction of sp³-hybridized carbons (Fsp3) is 0.0909. The molecule has 5 nitrogen and oxygen atoms in total. The third kappa shape index (κ3) is 5.28. The first-order chi connectivity index (χ1) is 13.8. The quantitative estimate of drug-likeness (QED) is 0.574. The highest BCUT2D eigenvalue weighted by atomic mass is 35.5. The highest BCUT2D eigenvalue weighted by Gasteiger charge is 2.17. The minimum absolute atomic E-state index is 0.0898. The summed E-state index contributed by atoms with van der Waals surface area (Å²) in [6.07, 6.45) is 1.50. The highest BCUT2D eigenvalue weighted by Crippen LogP contribution is 2.25. The first-order valence-corrected chi connectivity index (χ1v) is 9.45. The number of likely N-dealkylation sites (N-methyl/N-ethyl adjacent to an activating group) is 1. The van der Waals surface area contributed by atoms with Gasteiger partial charge >= 0.3 is 0 Å². The topological polar surface area (TPSA) is 62.6 Å². The van der Waals surface area contributed by atoms with Gasteiger partial charge in [-0.3, -0.25) is 9.59 Å². The minimum atomic E-state index is -0.424. The lowest BCUT2D eigenvalue weighted by molar-refractivity contribution is -0.124. The van der Waals surface area contributed by atoms with Crippen LogP contribution in [0.2, 0.25) is 10.0 Å². The number of benzene rings is 2. The van der Waals surface area contributed by atoms with Gasteiger partial charge in [0.05, 0.1) is 0 Å². The Bertz CT molecular complexity index is 1050. The number of nitrogens with zero attached hydrogens (tertiary/aromatic N) is 1. The van der Waals surface area contributed by atoms with Crippen molar-refractivity contribution in [1.82, 2.24) is 10.2 Å². The van der Waals surface area contributed by atoms with Crippen LogP contribution in [0.5, 0.6) is 0 Å². The highest BCUT2D eigenvalue weighted by molar-refractivity contribution is 6.31. The average Bonchev–Trinajstić information content (AvgIpc) is 3.16. The summed E-state index contributed by atoms with van der Waals surface area (Å²) in [4.78, 5) is 26.5. The van der Waals surface area contributed by atoms with Crippen molar-refractivity contribution in [3.05, 3.63) is 87.7 Å². The normalized spacial score (nSPS) is 11.2. The largest absolute Gasteiger partial charge is 0.457 e. The van der Waals surface area contributed by atoms with Gasteiger partial charge in [-0.1, -0.05) is 23.2 Å². The van der Waals surface area contributed by atoms with E-state index in [1.165, 1.54) is 11.0 Å². The Balaban J connectivity index is 1.87. The Morgan fingerprint density at radius 1 is 0.897 bits per heavy atom. The van der Waals surface area contributed by atoms with Crippen LogP contribution >= 0.6 is 23.2 Å². The third-order valence-corrected chi connectivity index (χ3v) is 4.54. The van der Waals surface area contributed by atoms with Crippen molar-refractivity contribution in [3.8, 4) is 11.3 Å². The average molecular weight is 429 g/mol. The Hall–Kier alpha value is -3.02. The molecule has 2 amide bonds. The molecule has 3 rings (SSSR count). The number of carbonyl (C=O) groups excluding carboxylic acids is 2. The zero-order chi connectivity index (χ0) is 21.0. The zero-order valence-corrected chi connectivity index (χ0v) is 17.3. The summed E-state index contributed by atoms with van der Waals surface area (Å²) >= 11 is 11.8. The number of nitrogens with one attached hydrogen (secondary N) is 1. The van der Waals surface area contributed by atoms with Gasteiger partial charge in [0.1, 0.15) is 17.2 Å². The lowest BCUT2D eigenvalue weighted by Gasteiger charge is -2.14. The molecular formula is C22H18Cl2N2O3. The van der Waals surface area contributed by atoms with E-state index in [1.54, 1.807) is 62.6 Å². The molecule has 1 aromatic heterocycles. The molecule has 0 aliphatic carbocycles. The number of hydrogen-bond acceptors (Lipinski definition) is 3. The molecule has 7 heteroatoms. The van der Waals surface area contributed by atoms with E-state index in [1.807, 2.05) is 12.1 Å². The molecule has 0 unspecified atom stereocenters. The molecule has 0 bridgehead atoms. The van der Waals surface area contributed by atoms with E-state index >= 15 is 0 Å². The number of furan rings is 1. The van der Waals surface area contributed by atoms with Crippen LogP contribution < -0.4 is 5.32 Å². The predicted octanol–water partition coefficient (Wildman–Crippen LogP) is 5.11. The van der Waals surface area contributed by atoms with Crippen molar-refractivity contribution >= 4 is 41.1 Å². The standard InChI is InChI=1S/C22H18Cl2N2O3/c1-26(2)22(28)19(25-21(27)15-5-9-17(24)10-6-15)13-18-11-12-20(29-18)14-3-7-16(23)8-4-14/h3-13H,1-2H3,(H,25,27)/b19-13-. The molecule has 0 atom stereocenters. The number of amides is 2. The monoisotopic (exact) mass is 428 g/mol. The first kappa shape index (κ1) is 20.7. The van der Waals surface area contributed by atoms with E-state index in [9.17, 15) is 9.59 Å². The second kappa shape index (κ2) is 8.99. The van der Waals surface area contributed by atoms with E-state index in [0.29, 0.717) is 27.1 Å². The minimum Gasteiger partial charge on any atom is -0.457 e. The fourth-order valence-corrected chi connectivity index (χ4v) is 2.78. The summed E-state index contributed by atoms with van der Waals surface area (Å²) in [5.74, 6) is 0.259. The van der Waals surface area contributed by atoms with Gasteiger partial charge in [0.2, 0.25) is 0 Å². The Morgan fingerprint density at radius 2 is 1.48 bits per heavy atom. The summed E-state index contributed by atoms with van der Waals surface area (Å²) in [6.45, 7) is 0. The molecule has 0 saturated heterocycles. The van der Waals surface area contributed by atoms with Crippen LogP contribution in [0.25, 0.3) is 17.4 Å². The van der Waals surface area contributed by atoms with Crippen molar-refractivity contribution in [1.29, 1.82) is 0 Å². The van der Waals surface area contributed by atoms with Crippen LogP contribution in [0.3, 0.4) is 0 Å². The molecule has 0 aliphatic rings. The van der Waals surface area contributed by atoms with Crippen LogP contribution in [-0.4, -0.2) is 30.8 Å². The van der Waals surface area contributed by atoms with Crippen molar-refractivity contribution in [3.63, 3.8) is 0 Å². The second-order valence-corrected chi connectivity index (χ2v) is 7.30.